The highest BCUT2D eigenvalue weighted by Crippen LogP contribution is 2.66. The van der Waals surface area contributed by atoms with Gasteiger partial charge in [-0.25, -0.2) is 0 Å². The van der Waals surface area contributed by atoms with Crippen molar-refractivity contribution in [2.24, 2.45) is 11.3 Å². The van der Waals surface area contributed by atoms with Crippen LogP contribution in [0.4, 0.5) is 5.69 Å². The molecule has 2 bridgehead atoms. The van der Waals surface area contributed by atoms with E-state index in [9.17, 15) is 4.79 Å². The maximum atomic E-state index is 13.3. The predicted molar refractivity (Wildman–Crippen MR) is 125 cm³/mol. The van der Waals surface area contributed by atoms with Crippen LogP contribution in [0.3, 0.4) is 0 Å². The number of aromatic nitrogens is 1. The standard InChI is InChI=1S/C27H33N3O2/c1-25-11-10-19-15-18-6-7-21(30(2)3)16-26(18)12-13-27(19,32-26)23(25)9-8-22(25)24(31)29-20-5-4-14-28-17-20/h4-5,8,10,14-15,17,21,23H,6-7,9,11-13,16H2,1-3H3,(H,29,31). The van der Waals surface area contributed by atoms with Crippen LogP contribution in [-0.2, 0) is 9.53 Å². The lowest BCUT2D eigenvalue weighted by Crippen LogP contribution is -2.55. The summed E-state index contributed by atoms with van der Waals surface area (Å²) < 4.78 is 7.25. The number of pyridine rings is 1. The summed E-state index contributed by atoms with van der Waals surface area (Å²) in [5.74, 6) is 0.308. The number of carbonyl (C=O) groups excluding carboxylic acids is 1. The van der Waals surface area contributed by atoms with Gasteiger partial charge in [0.15, 0.2) is 0 Å². The first-order chi connectivity index (χ1) is 15.4. The van der Waals surface area contributed by atoms with Gasteiger partial charge in [0.05, 0.1) is 23.1 Å². The first-order valence-corrected chi connectivity index (χ1v) is 12.1. The minimum absolute atomic E-state index is 0.00124. The number of nitrogens with zero attached hydrogens (tertiary/aromatic N) is 2. The molecule has 5 aliphatic rings. The molecule has 6 rings (SSSR count). The van der Waals surface area contributed by atoms with Gasteiger partial charge in [-0.3, -0.25) is 9.78 Å². The van der Waals surface area contributed by atoms with Crippen molar-refractivity contribution in [2.45, 2.75) is 69.1 Å². The first kappa shape index (κ1) is 20.4. The molecule has 1 N–H and O–H groups in total. The molecule has 5 unspecified atom stereocenters. The van der Waals surface area contributed by atoms with Gasteiger partial charge in [-0.05, 0) is 82.3 Å². The van der Waals surface area contributed by atoms with Crippen molar-refractivity contribution in [3.63, 3.8) is 0 Å². The topological polar surface area (TPSA) is 54.5 Å². The van der Waals surface area contributed by atoms with Gasteiger partial charge in [0.2, 0.25) is 0 Å². The van der Waals surface area contributed by atoms with E-state index in [0.29, 0.717) is 12.0 Å². The average Bonchev–Trinajstić information content (AvgIpc) is 3.29. The normalized spacial score (nSPS) is 39.4. The Morgan fingerprint density at radius 3 is 2.94 bits per heavy atom. The maximum absolute atomic E-state index is 13.3. The van der Waals surface area contributed by atoms with Crippen LogP contribution in [0.2, 0.25) is 0 Å². The van der Waals surface area contributed by atoms with Crippen molar-refractivity contribution < 1.29 is 9.53 Å². The molecular weight excluding hydrogens is 398 g/mol. The predicted octanol–water partition coefficient (Wildman–Crippen LogP) is 4.64. The Kier molecular flexibility index (Phi) is 4.38. The van der Waals surface area contributed by atoms with Gasteiger partial charge in [0.25, 0.3) is 5.91 Å². The number of anilines is 1. The Labute approximate surface area is 190 Å². The van der Waals surface area contributed by atoms with Gasteiger partial charge in [-0.15, -0.1) is 0 Å². The molecule has 2 aliphatic heterocycles. The molecule has 168 valence electrons. The van der Waals surface area contributed by atoms with E-state index in [0.717, 1.165) is 49.8 Å². The highest BCUT2D eigenvalue weighted by atomic mass is 16.5. The zero-order chi connectivity index (χ0) is 22.1. The second kappa shape index (κ2) is 6.88. The zero-order valence-corrected chi connectivity index (χ0v) is 19.4. The minimum atomic E-state index is -0.252. The fraction of sp³-hybridized carbons (Fsp3) is 0.556. The lowest BCUT2D eigenvalue weighted by molar-refractivity contribution is -0.137. The number of hydrogen-bond acceptors (Lipinski definition) is 4. The SMILES string of the molecule is CN(C)C1CCC2=CC3=CCC4(C)C(C(=O)Nc5cccnc5)=CCC4C34CCC2(C1)O4. The van der Waals surface area contributed by atoms with Crippen LogP contribution in [0.25, 0.3) is 0 Å². The highest BCUT2D eigenvalue weighted by Gasteiger charge is 2.65. The lowest BCUT2D eigenvalue weighted by Gasteiger charge is -2.54. The molecule has 1 amide bonds. The van der Waals surface area contributed by atoms with Crippen molar-refractivity contribution in [1.82, 2.24) is 9.88 Å². The van der Waals surface area contributed by atoms with Gasteiger partial charge in [-0.1, -0.05) is 25.2 Å². The van der Waals surface area contributed by atoms with Gasteiger partial charge < -0.3 is 15.0 Å². The van der Waals surface area contributed by atoms with Crippen molar-refractivity contribution in [3.05, 3.63) is 59.5 Å². The van der Waals surface area contributed by atoms with E-state index in [1.165, 1.54) is 17.6 Å². The zero-order valence-electron chi connectivity index (χ0n) is 19.4. The number of ether oxygens (including phenoxy) is 1. The summed E-state index contributed by atoms with van der Waals surface area (Å²) in [4.78, 5) is 19.8. The molecule has 1 aromatic heterocycles. The van der Waals surface area contributed by atoms with Crippen LogP contribution in [0.15, 0.2) is 59.5 Å². The van der Waals surface area contributed by atoms with E-state index in [1.807, 2.05) is 12.1 Å². The summed E-state index contributed by atoms with van der Waals surface area (Å²) in [7, 11) is 4.39. The molecule has 1 aromatic rings. The Bertz CT molecular complexity index is 1060. The molecule has 5 nitrogen and oxygen atoms in total. The van der Waals surface area contributed by atoms with Crippen LogP contribution in [0.5, 0.6) is 0 Å². The number of fused-ring (bicyclic) bond motifs is 1. The van der Waals surface area contributed by atoms with E-state index >= 15 is 0 Å². The summed E-state index contributed by atoms with van der Waals surface area (Å²) in [6.07, 6.45) is 17.9. The fourth-order valence-electron chi connectivity index (χ4n) is 7.39. The fourth-order valence-corrected chi connectivity index (χ4v) is 7.39. The summed E-state index contributed by atoms with van der Waals surface area (Å²) in [6, 6.07) is 4.31. The number of carbonyl (C=O) groups is 1. The largest absolute Gasteiger partial charge is 0.359 e. The van der Waals surface area contributed by atoms with Crippen molar-refractivity contribution in [1.29, 1.82) is 0 Å². The van der Waals surface area contributed by atoms with Crippen LogP contribution >= 0.6 is 0 Å². The third-order valence-corrected chi connectivity index (χ3v) is 9.14. The smallest absolute Gasteiger partial charge is 0.251 e. The Morgan fingerprint density at radius 2 is 2.16 bits per heavy atom. The number of amides is 1. The van der Waals surface area contributed by atoms with Gasteiger partial charge in [-0.2, -0.15) is 0 Å². The van der Waals surface area contributed by atoms with Crippen molar-refractivity contribution in [2.75, 3.05) is 19.4 Å². The first-order valence-electron chi connectivity index (χ1n) is 12.1. The van der Waals surface area contributed by atoms with Crippen LogP contribution < -0.4 is 5.32 Å². The molecular formula is C27H33N3O2. The Hall–Kier alpha value is -2.24. The lowest BCUT2D eigenvalue weighted by atomic mass is 9.59. The summed E-state index contributed by atoms with van der Waals surface area (Å²) >= 11 is 0. The molecule has 2 fully saturated rings. The number of hydrogen-bond donors (Lipinski definition) is 1. The van der Waals surface area contributed by atoms with Crippen molar-refractivity contribution in [3.8, 4) is 0 Å². The van der Waals surface area contributed by atoms with E-state index in [4.69, 9.17) is 4.74 Å². The third-order valence-electron chi connectivity index (χ3n) is 9.14. The molecule has 3 aliphatic carbocycles. The molecule has 1 saturated heterocycles. The number of rotatable bonds is 3. The molecule has 32 heavy (non-hydrogen) atoms. The number of nitrogens with one attached hydrogen (secondary N) is 1. The van der Waals surface area contributed by atoms with Gasteiger partial charge >= 0.3 is 0 Å². The Balaban J connectivity index is 1.32. The van der Waals surface area contributed by atoms with Crippen LogP contribution in [0, 0.1) is 11.3 Å². The molecule has 1 saturated carbocycles. The second-order valence-electron chi connectivity index (χ2n) is 10.9. The molecule has 0 aromatic carbocycles. The second-order valence-corrected chi connectivity index (χ2v) is 10.9. The highest BCUT2D eigenvalue weighted by molar-refractivity contribution is 6.05. The quantitative estimate of drug-likeness (QED) is 0.757. The summed E-state index contributed by atoms with van der Waals surface area (Å²) in [5.41, 5.74) is 3.98. The Morgan fingerprint density at radius 1 is 1.28 bits per heavy atom. The van der Waals surface area contributed by atoms with E-state index in [2.05, 4.69) is 54.4 Å². The molecule has 0 radical (unpaired) electrons. The molecule has 2 spiro atoms. The van der Waals surface area contributed by atoms with Crippen molar-refractivity contribution >= 4 is 11.6 Å². The third kappa shape index (κ3) is 2.70. The summed E-state index contributed by atoms with van der Waals surface area (Å²) in [6.45, 7) is 2.28. The van der Waals surface area contributed by atoms with E-state index in [1.54, 1.807) is 12.4 Å². The monoisotopic (exact) mass is 431 g/mol. The molecule has 5 heteroatoms. The number of allylic oxidation sites excluding steroid dienone is 2. The van der Waals surface area contributed by atoms with Gasteiger partial charge in [0, 0.05) is 29.1 Å². The average molecular weight is 432 g/mol. The minimum Gasteiger partial charge on any atom is -0.359 e. The molecule has 3 heterocycles. The van der Waals surface area contributed by atoms with Crippen LogP contribution in [-0.4, -0.2) is 47.1 Å². The van der Waals surface area contributed by atoms with Gasteiger partial charge in [0.1, 0.15) is 0 Å². The summed E-state index contributed by atoms with van der Waals surface area (Å²) in [5, 5.41) is 3.07. The van der Waals surface area contributed by atoms with E-state index in [-0.39, 0.29) is 22.5 Å². The van der Waals surface area contributed by atoms with Crippen LogP contribution in [0.1, 0.15) is 51.9 Å². The van der Waals surface area contributed by atoms with E-state index < -0.39 is 0 Å². The molecule has 5 atom stereocenters. The maximum Gasteiger partial charge on any atom is 0.251 e.